The van der Waals surface area contributed by atoms with E-state index in [1.165, 1.54) is 16.7 Å². The van der Waals surface area contributed by atoms with Crippen molar-refractivity contribution in [3.8, 4) is 11.1 Å². The van der Waals surface area contributed by atoms with Crippen molar-refractivity contribution in [1.82, 2.24) is 14.5 Å². The number of hydrogen-bond donors (Lipinski definition) is 1. The molecule has 0 spiro atoms. The van der Waals surface area contributed by atoms with Crippen LogP contribution in [-0.2, 0) is 22.5 Å². The van der Waals surface area contributed by atoms with E-state index in [0.29, 0.717) is 26.0 Å². The molecule has 0 aliphatic carbocycles. The van der Waals surface area contributed by atoms with Gasteiger partial charge in [-0.2, -0.15) is 0 Å². The predicted molar refractivity (Wildman–Crippen MR) is 158 cm³/mol. The summed E-state index contributed by atoms with van der Waals surface area (Å²) < 4.78 is 7.63. The minimum atomic E-state index is -0.208. The van der Waals surface area contributed by atoms with E-state index in [9.17, 15) is 4.79 Å². The van der Waals surface area contributed by atoms with Crippen molar-refractivity contribution >= 4 is 16.9 Å². The third-order valence-corrected chi connectivity index (χ3v) is 7.90. The number of likely N-dealkylation sites (tertiary alicyclic amines) is 1. The molecule has 4 aromatic rings. The number of aromatic nitrogens is 2. The molecule has 0 radical (unpaired) electrons. The molecule has 39 heavy (non-hydrogen) atoms. The van der Waals surface area contributed by atoms with Crippen LogP contribution < -0.4 is 5.73 Å². The van der Waals surface area contributed by atoms with E-state index in [2.05, 4.69) is 78.2 Å². The average molecular weight is 525 g/mol. The van der Waals surface area contributed by atoms with Crippen LogP contribution in [0.1, 0.15) is 48.6 Å². The SMILES string of the molecule is COCCCn1c(C2CCCN(C(=O)CC(N)Cc3ccc(-c4ccccc4C)cc3)C2)nc2ccccc21. The Labute approximate surface area is 231 Å². The van der Waals surface area contributed by atoms with Crippen molar-refractivity contribution in [3.05, 3.63) is 89.7 Å². The molecule has 1 fully saturated rings. The summed E-state index contributed by atoms with van der Waals surface area (Å²) in [5.41, 5.74) is 13.5. The van der Waals surface area contributed by atoms with Crippen LogP contribution >= 0.6 is 0 Å². The summed E-state index contributed by atoms with van der Waals surface area (Å²) in [7, 11) is 1.74. The molecule has 6 nitrogen and oxygen atoms in total. The Balaban J connectivity index is 1.21. The van der Waals surface area contributed by atoms with Crippen molar-refractivity contribution in [2.75, 3.05) is 26.8 Å². The normalized spacial score (nSPS) is 16.5. The quantitative estimate of drug-likeness (QED) is 0.270. The lowest BCUT2D eigenvalue weighted by Gasteiger charge is -2.33. The molecular formula is C33H40N4O2. The fraction of sp³-hybridized carbons (Fsp3) is 0.394. The highest BCUT2D eigenvalue weighted by Gasteiger charge is 2.29. The summed E-state index contributed by atoms with van der Waals surface area (Å²) >= 11 is 0. The summed E-state index contributed by atoms with van der Waals surface area (Å²) in [6, 6.07) is 25.1. The number of carbonyl (C=O) groups is 1. The highest BCUT2D eigenvalue weighted by molar-refractivity contribution is 5.78. The molecule has 1 aromatic heterocycles. The highest BCUT2D eigenvalue weighted by Crippen LogP contribution is 2.30. The summed E-state index contributed by atoms with van der Waals surface area (Å²) in [5, 5.41) is 0. The van der Waals surface area contributed by atoms with Gasteiger partial charge in [-0.15, -0.1) is 0 Å². The van der Waals surface area contributed by atoms with Crippen LogP contribution in [0, 0.1) is 6.92 Å². The van der Waals surface area contributed by atoms with E-state index < -0.39 is 0 Å². The number of amides is 1. The number of rotatable bonds is 10. The van der Waals surface area contributed by atoms with Gasteiger partial charge < -0.3 is 19.9 Å². The van der Waals surface area contributed by atoms with Crippen LogP contribution in [0.4, 0.5) is 0 Å². The van der Waals surface area contributed by atoms with E-state index in [-0.39, 0.29) is 17.9 Å². The summed E-state index contributed by atoms with van der Waals surface area (Å²) in [4.78, 5) is 20.3. The minimum Gasteiger partial charge on any atom is -0.385 e. The zero-order valence-corrected chi connectivity index (χ0v) is 23.2. The van der Waals surface area contributed by atoms with Crippen LogP contribution in [0.15, 0.2) is 72.8 Å². The van der Waals surface area contributed by atoms with Gasteiger partial charge in [-0.25, -0.2) is 4.98 Å². The third-order valence-electron chi connectivity index (χ3n) is 7.90. The summed E-state index contributed by atoms with van der Waals surface area (Å²) in [6.45, 7) is 5.20. The van der Waals surface area contributed by atoms with Gasteiger partial charge in [0, 0.05) is 51.7 Å². The maximum Gasteiger partial charge on any atom is 0.224 e. The van der Waals surface area contributed by atoms with E-state index in [4.69, 9.17) is 15.5 Å². The molecule has 2 heterocycles. The minimum absolute atomic E-state index is 0.144. The predicted octanol–water partition coefficient (Wildman–Crippen LogP) is 5.71. The molecule has 2 N–H and O–H groups in total. The molecular weight excluding hydrogens is 484 g/mol. The maximum absolute atomic E-state index is 13.3. The van der Waals surface area contributed by atoms with Gasteiger partial charge >= 0.3 is 0 Å². The molecule has 2 unspecified atom stereocenters. The molecule has 204 valence electrons. The highest BCUT2D eigenvalue weighted by atomic mass is 16.5. The molecule has 5 rings (SSSR count). The molecule has 1 saturated heterocycles. The number of carbonyl (C=O) groups excluding carboxylic acids is 1. The number of nitrogens with two attached hydrogens (primary N) is 1. The van der Waals surface area contributed by atoms with Gasteiger partial charge in [0.2, 0.25) is 5.91 Å². The van der Waals surface area contributed by atoms with Gasteiger partial charge in [-0.3, -0.25) is 4.79 Å². The Bertz CT molecular complexity index is 1390. The molecule has 6 heteroatoms. The van der Waals surface area contributed by atoms with Crippen LogP contribution in [0.25, 0.3) is 22.2 Å². The Kier molecular flexibility index (Phi) is 8.74. The first-order valence-electron chi connectivity index (χ1n) is 14.2. The van der Waals surface area contributed by atoms with Crippen LogP contribution in [0.3, 0.4) is 0 Å². The average Bonchev–Trinajstić information content (AvgIpc) is 3.33. The Morgan fingerprint density at radius 1 is 1.08 bits per heavy atom. The van der Waals surface area contributed by atoms with Crippen molar-refractivity contribution in [2.24, 2.45) is 5.73 Å². The van der Waals surface area contributed by atoms with E-state index >= 15 is 0 Å². The van der Waals surface area contributed by atoms with Gasteiger partial charge in [-0.1, -0.05) is 60.7 Å². The van der Waals surface area contributed by atoms with Gasteiger partial charge in [0.15, 0.2) is 0 Å². The zero-order valence-electron chi connectivity index (χ0n) is 23.2. The van der Waals surface area contributed by atoms with Crippen molar-refractivity contribution in [2.45, 2.75) is 57.5 Å². The van der Waals surface area contributed by atoms with E-state index in [1.54, 1.807) is 7.11 Å². The fourth-order valence-electron chi connectivity index (χ4n) is 5.87. The number of para-hydroxylation sites is 2. The molecule has 3 aromatic carbocycles. The fourth-order valence-corrected chi connectivity index (χ4v) is 5.87. The Hall–Kier alpha value is -3.48. The number of fused-ring (bicyclic) bond motifs is 1. The molecule has 1 aliphatic heterocycles. The number of benzene rings is 3. The van der Waals surface area contributed by atoms with Crippen molar-refractivity contribution in [3.63, 3.8) is 0 Å². The lowest BCUT2D eigenvalue weighted by molar-refractivity contribution is -0.132. The largest absolute Gasteiger partial charge is 0.385 e. The smallest absolute Gasteiger partial charge is 0.224 e. The van der Waals surface area contributed by atoms with Crippen LogP contribution in [0.2, 0.25) is 0 Å². The number of hydrogen-bond acceptors (Lipinski definition) is 4. The van der Waals surface area contributed by atoms with Crippen LogP contribution in [-0.4, -0.2) is 53.2 Å². The summed E-state index contributed by atoms with van der Waals surface area (Å²) in [6.07, 6.45) is 3.99. The van der Waals surface area contributed by atoms with Gasteiger partial charge in [0.05, 0.1) is 11.0 Å². The monoisotopic (exact) mass is 524 g/mol. The first-order chi connectivity index (χ1) is 19.0. The number of methoxy groups -OCH3 is 1. The number of imidazole rings is 1. The van der Waals surface area contributed by atoms with Gasteiger partial charge in [0.25, 0.3) is 0 Å². The van der Waals surface area contributed by atoms with E-state index in [1.807, 2.05) is 11.0 Å². The molecule has 1 aliphatic rings. The topological polar surface area (TPSA) is 73.4 Å². The van der Waals surface area contributed by atoms with E-state index in [0.717, 1.165) is 54.8 Å². The number of nitrogens with zero attached hydrogens (tertiary/aromatic N) is 3. The van der Waals surface area contributed by atoms with Crippen LogP contribution in [0.5, 0.6) is 0 Å². The zero-order chi connectivity index (χ0) is 27.2. The second-order valence-electron chi connectivity index (χ2n) is 10.8. The molecule has 2 atom stereocenters. The standard InChI is InChI=1S/C33H40N4O2/c1-24-9-3-4-11-29(24)26-16-14-25(15-17-26)21-28(34)22-32(38)36-18-7-10-27(23-36)33-35-30-12-5-6-13-31(30)37(33)19-8-20-39-2/h3-6,9,11-17,27-28H,7-8,10,18-23,34H2,1-2H3. The lowest BCUT2D eigenvalue weighted by atomic mass is 9.95. The third kappa shape index (κ3) is 6.40. The second kappa shape index (κ2) is 12.6. The first-order valence-corrected chi connectivity index (χ1v) is 14.2. The van der Waals surface area contributed by atoms with Gasteiger partial charge in [-0.05, 0) is 67.0 Å². The molecule has 0 bridgehead atoms. The lowest BCUT2D eigenvalue weighted by Crippen LogP contribution is -2.42. The second-order valence-corrected chi connectivity index (χ2v) is 10.8. The van der Waals surface area contributed by atoms with Crippen molar-refractivity contribution in [1.29, 1.82) is 0 Å². The number of aryl methyl sites for hydroxylation is 2. The Morgan fingerprint density at radius 2 is 1.85 bits per heavy atom. The number of ether oxygens (including phenoxy) is 1. The molecule has 1 amide bonds. The Morgan fingerprint density at radius 3 is 2.64 bits per heavy atom. The van der Waals surface area contributed by atoms with Crippen molar-refractivity contribution < 1.29 is 9.53 Å². The maximum atomic E-state index is 13.3. The number of piperidine rings is 1. The molecule has 0 saturated carbocycles. The first kappa shape index (κ1) is 27.1. The summed E-state index contributed by atoms with van der Waals surface area (Å²) in [5.74, 6) is 1.46. The van der Waals surface area contributed by atoms with Gasteiger partial charge in [0.1, 0.15) is 5.82 Å².